The Morgan fingerprint density at radius 2 is 2.20 bits per heavy atom. The summed E-state index contributed by atoms with van der Waals surface area (Å²) in [4.78, 5) is 15.9. The van der Waals surface area contributed by atoms with Crippen molar-refractivity contribution in [1.82, 2.24) is 4.98 Å². The van der Waals surface area contributed by atoms with E-state index in [0.29, 0.717) is 5.13 Å². The van der Waals surface area contributed by atoms with Crippen molar-refractivity contribution < 1.29 is 14.6 Å². The van der Waals surface area contributed by atoms with Gasteiger partial charge in [0.15, 0.2) is 5.13 Å². The molecule has 5 nitrogen and oxygen atoms in total. The van der Waals surface area contributed by atoms with Gasteiger partial charge in [0.05, 0.1) is 24.9 Å². The molecule has 2 N–H and O–H groups in total. The number of hydrogen-bond donors (Lipinski definition) is 2. The highest BCUT2D eigenvalue weighted by Gasteiger charge is 2.12. The summed E-state index contributed by atoms with van der Waals surface area (Å²) in [5.41, 5.74) is 2.67. The largest absolute Gasteiger partial charge is 0.495 e. The van der Waals surface area contributed by atoms with E-state index < -0.39 is 5.97 Å². The Balaban J connectivity index is 2.26. The number of carboxylic acid groups (broad SMARTS) is 1. The lowest BCUT2D eigenvalue weighted by Crippen LogP contribution is -1.99. The van der Waals surface area contributed by atoms with E-state index in [2.05, 4.69) is 10.3 Å². The normalized spacial score (nSPS) is 10.3. The molecule has 0 aliphatic carbocycles. The van der Waals surface area contributed by atoms with Crippen molar-refractivity contribution in [3.05, 3.63) is 34.3 Å². The van der Waals surface area contributed by atoms with Crippen LogP contribution in [0.15, 0.2) is 18.2 Å². The molecular weight excluding hydrogens is 276 g/mol. The Hall–Kier alpha value is -2.08. The fraction of sp³-hybridized carbons (Fsp3) is 0.286. The third-order valence-electron chi connectivity index (χ3n) is 2.80. The van der Waals surface area contributed by atoms with Crippen LogP contribution < -0.4 is 10.1 Å². The molecule has 0 amide bonds. The number of thiazole rings is 1. The SMILES string of the molecule is COc1ccc(C)cc1Nc1nc(C)c(CC(=O)O)s1. The minimum atomic E-state index is -0.851. The molecule has 1 heterocycles. The Bertz CT molecular complexity index is 637. The maximum absolute atomic E-state index is 10.8. The molecule has 0 atom stereocenters. The first-order chi connectivity index (χ1) is 9.49. The molecule has 2 rings (SSSR count). The van der Waals surface area contributed by atoms with Crippen molar-refractivity contribution >= 4 is 28.1 Å². The van der Waals surface area contributed by atoms with Gasteiger partial charge >= 0.3 is 5.97 Å². The molecule has 1 aromatic heterocycles. The number of benzene rings is 1. The van der Waals surface area contributed by atoms with Crippen LogP contribution in [0.5, 0.6) is 5.75 Å². The van der Waals surface area contributed by atoms with Crippen LogP contribution in [-0.2, 0) is 11.2 Å². The molecule has 0 unspecified atom stereocenters. The van der Waals surface area contributed by atoms with Gasteiger partial charge in [-0.15, -0.1) is 11.3 Å². The first-order valence-corrected chi connectivity index (χ1v) is 6.91. The maximum atomic E-state index is 10.8. The molecule has 0 aliphatic heterocycles. The molecule has 20 heavy (non-hydrogen) atoms. The number of methoxy groups -OCH3 is 1. The van der Waals surface area contributed by atoms with Gasteiger partial charge in [0, 0.05) is 4.88 Å². The third kappa shape index (κ3) is 3.27. The van der Waals surface area contributed by atoms with Gasteiger partial charge in [-0.3, -0.25) is 4.79 Å². The highest BCUT2D eigenvalue weighted by Crippen LogP contribution is 2.31. The number of carboxylic acids is 1. The number of rotatable bonds is 5. The summed E-state index contributed by atoms with van der Waals surface area (Å²) in [6, 6.07) is 5.82. The van der Waals surface area contributed by atoms with E-state index in [1.807, 2.05) is 32.0 Å². The van der Waals surface area contributed by atoms with Gasteiger partial charge < -0.3 is 15.2 Å². The second kappa shape index (κ2) is 5.92. The molecule has 0 radical (unpaired) electrons. The number of carbonyl (C=O) groups is 1. The van der Waals surface area contributed by atoms with Crippen molar-refractivity contribution in [3.8, 4) is 5.75 Å². The van der Waals surface area contributed by atoms with E-state index >= 15 is 0 Å². The van der Waals surface area contributed by atoms with Gasteiger partial charge in [-0.25, -0.2) is 4.98 Å². The second-order valence-corrected chi connectivity index (χ2v) is 5.51. The minimum Gasteiger partial charge on any atom is -0.495 e. The van der Waals surface area contributed by atoms with Gasteiger partial charge in [0.25, 0.3) is 0 Å². The van der Waals surface area contributed by atoms with Gasteiger partial charge in [0.2, 0.25) is 0 Å². The van der Waals surface area contributed by atoms with E-state index in [1.54, 1.807) is 7.11 Å². The predicted molar refractivity (Wildman–Crippen MR) is 79.2 cm³/mol. The van der Waals surface area contributed by atoms with Crippen LogP contribution in [0.25, 0.3) is 0 Å². The van der Waals surface area contributed by atoms with Crippen LogP contribution in [0, 0.1) is 13.8 Å². The Labute approximate surface area is 121 Å². The smallest absolute Gasteiger partial charge is 0.308 e. The monoisotopic (exact) mass is 292 g/mol. The van der Waals surface area contributed by atoms with Crippen LogP contribution in [0.1, 0.15) is 16.1 Å². The number of aromatic nitrogens is 1. The molecule has 0 bridgehead atoms. The number of ether oxygens (including phenoxy) is 1. The van der Waals surface area contributed by atoms with Crippen molar-refractivity contribution in [2.24, 2.45) is 0 Å². The summed E-state index contributed by atoms with van der Waals surface area (Å²) in [6.45, 7) is 3.81. The Morgan fingerprint density at radius 1 is 1.45 bits per heavy atom. The van der Waals surface area contributed by atoms with E-state index in [-0.39, 0.29) is 6.42 Å². The molecule has 0 fully saturated rings. The molecule has 106 valence electrons. The van der Waals surface area contributed by atoms with Crippen LogP contribution in [0.2, 0.25) is 0 Å². The van der Waals surface area contributed by atoms with Gasteiger partial charge in [-0.05, 0) is 31.5 Å². The highest BCUT2D eigenvalue weighted by molar-refractivity contribution is 7.15. The standard InChI is InChI=1S/C14H16N2O3S/c1-8-4-5-11(19-3)10(6-8)16-14-15-9(2)12(20-14)7-13(17)18/h4-6H,7H2,1-3H3,(H,15,16)(H,17,18). The summed E-state index contributed by atoms with van der Waals surface area (Å²) in [7, 11) is 1.61. The lowest BCUT2D eigenvalue weighted by atomic mass is 10.2. The zero-order valence-electron chi connectivity index (χ0n) is 11.6. The van der Waals surface area contributed by atoms with Crippen LogP contribution in [0.4, 0.5) is 10.8 Å². The third-order valence-corrected chi connectivity index (χ3v) is 3.87. The lowest BCUT2D eigenvalue weighted by Gasteiger charge is -2.09. The number of nitrogens with zero attached hydrogens (tertiary/aromatic N) is 1. The zero-order chi connectivity index (χ0) is 14.7. The summed E-state index contributed by atoms with van der Waals surface area (Å²) in [5.74, 6) is -0.125. The van der Waals surface area contributed by atoms with E-state index in [0.717, 1.165) is 27.6 Å². The number of anilines is 2. The minimum absolute atomic E-state index is 0.00384. The van der Waals surface area contributed by atoms with E-state index in [9.17, 15) is 4.79 Å². The van der Waals surface area contributed by atoms with Crippen molar-refractivity contribution in [2.75, 3.05) is 12.4 Å². The van der Waals surface area contributed by atoms with Crippen LogP contribution in [-0.4, -0.2) is 23.2 Å². The molecule has 2 aromatic rings. The molecule has 0 aliphatic rings. The Morgan fingerprint density at radius 3 is 2.85 bits per heavy atom. The number of aliphatic carboxylic acids is 1. The number of hydrogen-bond acceptors (Lipinski definition) is 5. The van der Waals surface area contributed by atoms with Crippen molar-refractivity contribution in [3.63, 3.8) is 0 Å². The molecule has 6 heteroatoms. The lowest BCUT2D eigenvalue weighted by molar-refractivity contribution is -0.136. The first kappa shape index (κ1) is 14.3. The highest BCUT2D eigenvalue weighted by atomic mass is 32.1. The maximum Gasteiger partial charge on any atom is 0.308 e. The number of aryl methyl sites for hydroxylation is 2. The van der Waals surface area contributed by atoms with Crippen molar-refractivity contribution in [1.29, 1.82) is 0 Å². The molecule has 0 saturated carbocycles. The van der Waals surface area contributed by atoms with Gasteiger partial charge in [-0.2, -0.15) is 0 Å². The fourth-order valence-corrected chi connectivity index (χ4v) is 2.78. The van der Waals surface area contributed by atoms with Crippen LogP contribution in [0.3, 0.4) is 0 Å². The molecule has 0 spiro atoms. The quantitative estimate of drug-likeness (QED) is 0.886. The molecular formula is C14H16N2O3S. The molecule has 1 aromatic carbocycles. The average molecular weight is 292 g/mol. The topological polar surface area (TPSA) is 71.5 Å². The summed E-state index contributed by atoms with van der Waals surface area (Å²) < 4.78 is 5.29. The second-order valence-electron chi connectivity index (χ2n) is 4.43. The van der Waals surface area contributed by atoms with Gasteiger partial charge in [-0.1, -0.05) is 6.07 Å². The number of nitrogens with one attached hydrogen (secondary N) is 1. The van der Waals surface area contributed by atoms with Crippen LogP contribution >= 0.6 is 11.3 Å². The van der Waals surface area contributed by atoms with Gasteiger partial charge in [0.1, 0.15) is 5.75 Å². The first-order valence-electron chi connectivity index (χ1n) is 6.09. The Kier molecular flexibility index (Phi) is 4.24. The summed E-state index contributed by atoms with van der Waals surface area (Å²) in [5, 5.41) is 12.7. The fourth-order valence-electron chi connectivity index (χ4n) is 1.82. The van der Waals surface area contributed by atoms with Crippen molar-refractivity contribution in [2.45, 2.75) is 20.3 Å². The van der Waals surface area contributed by atoms with E-state index in [4.69, 9.17) is 9.84 Å². The average Bonchev–Trinajstić information content (AvgIpc) is 2.69. The molecule has 0 saturated heterocycles. The van der Waals surface area contributed by atoms with E-state index in [1.165, 1.54) is 11.3 Å². The summed E-state index contributed by atoms with van der Waals surface area (Å²) in [6.07, 6.45) is -0.00384. The predicted octanol–water partition coefficient (Wildman–Crippen LogP) is 3.14. The summed E-state index contributed by atoms with van der Waals surface area (Å²) >= 11 is 1.35. The zero-order valence-corrected chi connectivity index (χ0v) is 12.4.